The van der Waals surface area contributed by atoms with Crippen LogP contribution in [0, 0.1) is 17.3 Å². The number of anilines is 2. The molecule has 17 nitrogen and oxygen atoms in total. The first kappa shape index (κ1) is 57.1. The second-order valence-corrected chi connectivity index (χ2v) is 18.4. The van der Waals surface area contributed by atoms with Crippen molar-refractivity contribution in [2.75, 3.05) is 91.0 Å². The van der Waals surface area contributed by atoms with Gasteiger partial charge in [0.1, 0.15) is 30.0 Å². The summed E-state index contributed by atoms with van der Waals surface area (Å²) in [5.74, 6) is 1.38. The van der Waals surface area contributed by atoms with E-state index in [4.69, 9.17) is 31.2 Å². The Morgan fingerprint density at radius 1 is 1.01 bits per heavy atom. The average molecular weight is 1000 g/mol. The molecule has 0 bridgehead atoms. The third-order valence-corrected chi connectivity index (χ3v) is 12.3. The number of aliphatic hydroxyl groups is 2. The number of aldehydes is 2. The van der Waals surface area contributed by atoms with Crippen molar-refractivity contribution in [3.05, 3.63) is 76.8 Å². The third-order valence-electron chi connectivity index (χ3n) is 12.0. The molecule has 3 atom stereocenters. The molecule has 1 amide bonds. The van der Waals surface area contributed by atoms with Crippen molar-refractivity contribution in [3.8, 4) is 28.1 Å². The average Bonchev–Trinajstić information content (AvgIpc) is 3.95. The molecule has 2 aromatic carbocycles. The van der Waals surface area contributed by atoms with E-state index >= 15 is 0 Å². The lowest BCUT2D eigenvalue weighted by Crippen LogP contribution is -2.44. The Hall–Kier alpha value is -5.48. The molecule has 21 heteroatoms. The molecule has 5 N–H and O–H groups in total. The SMILES string of the molecule is CC(C)(C=O)CO.CC1CC(c2nc(-c3ccc(-c4cc(Cl)c(NC(=O)c5ccc(N6CCN(C)CC6)nc5)cc4OC(F)(F)F)cc3)c(CO)[nH]2)N(C)C1.CNC(C=O)C1CCOCC1.COC=O. The summed E-state index contributed by atoms with van der Waals surface area (Å²) >= 11 is 6.52. The Balaban J connectivity index is 0.000000399. The fraction of sp³-hybridized carbons (Fsp3) is 0.510. The lowest BCUT2D eigenvalue weighted by molar-refractivity contribution is -0.274. The van der Waals surface area contributed by atoms with Crippen LogP contribution in [-0.2, 0) is 30.5 Å². The number of aromatic nitrogens is 3. The van der Waals surface area contributed by atoms with Crippen LogP contribution in [0.25, 0.3) is 22.4 Å². The standard InChI is InChI=1S/C34H37ClF3N7O3.C8H15NO2.C5H10O2.C2H4O2/c1-20-14-28(44(3)18-20)32-40-27(19-46)31(42-32)22-6-4-21(5-7-22)24-15-25(35)26(16-29(24)48-34(36,37)38)41-33(47)23-8-9-30(39-17-23)45-12-10-43(2)11-13-45;1-9-8(6-10)7-2-4-11-5-3-7;1-5(2,3-6)4-7;1-4-2-3/h4-9,15-17,20,28,46H,10-14,18-19H2,1-3H3,(H,40,42)(H,41,47);6-9H,2-5H2,1H3;3,7H,4H2,1-2H3;2H,1H3. The molecule has 3 saturated heterocycles. The number of nitrogens with zero attached hydrogens (tertiary/aromatic N) is 5. The predicted molar refractivity (Wildman–Crippen MR) is 261 cm³/mol. The number of hydrogen-bond acceptors (Lipinski definition) is 15. The molecule has 2 aromatic heterocycles. The number of pyridine rings is 1. The molecule has 5 heterocycles. The number of likely N-dealkylation sites (N-methyl/N-ethyl adjacent to an activating group) is 2. The van der Waals surface area contributed by atoms with Gasteiger partial charge in [0.05, 0.1) is 60.1 Å². The number of aromatic amines is 1. The molecule has 3 aliphatic heterocycles. The maximum atomic E-state index is 13.6. The van der Waals surface area contributed by atoms with Crippen LogP contribution < -0.4 is 20.3 Å². The number of amides is 1. The number of halogens is 4. The van der Waals surface area contributed by atoms with Gasteiger partial charge in [-0.05, 0) is 76.0 Å². The number of hydrogen-bond donors (Lipinski definition) is 5. The molecule has 0 radical (unpaired) electrons. The number of rotatable bonds is 14. The topological polar surface area (TPSA) is 212 Å². The fourth-order valence-corrected chi connectivity index (χ4v) is 8.08. The highest BCUT2D eigenvalue weighted by atomic mass is 35.5. The summed E-state index contributed by atoms with van der Waals surface area (Å²) in [5, 5.41) is 24.0. The number of carbonyl (C=O) groups excluding carboxylic acids is 4. The number of carbonyl (C=O) groups is 4. The summed E-state index contributed by atoms with van der Waals surface area (Å²) in [5.41, 5.74) is 1.91. The van der Waals surface area contributed by atoms with E-state index in [2.05, 4.69) is 58.7 Å². The van der Waals surface area contributed by atoms with Crippen LogP contribution in [0.5, 0.6) is 5.75 Å². The fourth-order valence-electron chi connectivity index (χ4n) is 7.87. The Labute approximate surface area is 412 Å². The number of likely N-dealkylation sites (tertiary alicyclic amines) is 1. The number of aliphatic hydroxyl groups excluding tert-OH is 2. The molecular weight excluding hydrogens is 937 g/mol. The molecule has 0 saturated carbocycles. The van der Waals surface area contributed by atoms with E-state index in [9.17, 15) is 32.7 Å². The second kappa shape index (κ2) is 27.2. The second-order valence-electron chi connectivity index (χ2n) is 18.0. The van der Waals surface area contributed by atoms with Gasteiger partial charge in [0.2, 0.25) is 0 Å². The van der Waals surface area contributed by atoms with Gasteiger partial charge in [0.25, 0.3) is 12.4 Å². The zero-order valence-electron chi connectivity index (χ0n) is 40.7. The first-order valence-electron chi connectivity index (χ1n) is 22.8. The van der Waals surface area contributed by atoms with Gasteiger partial charge in [-0.2, -0.15) is 0 Å². The number of H-pyrrole nitrogens is 1. The van der Waals surface area contributed by atoms with Crippen LogP contribution in [0.3, 0.4) is 0 Å². The molecule has 384 valence electrons. The minimum atomic E-state index is -5.00. The van der Waals surface area contributed by atoms with E-state index in [0.717, 1.165) is 95.5 Å². The maximum absolute atomic E-state index is 13.6. The summed E-state index contributed by atoms with van der Waals surface area (Å²) < 4.78 is 54.2. The molecule has 3 unspecified atom stereocenters. The minimum Gasteiger partial charge on any atom is -0.471 e. The number of benzene rings is 2. The largest absolute Gasteiger partial charge is 0.573 e. The quantitative estimate of drug-likeness (QED) is 0.0867. The number of imidazole rings is 1. The summed E-state index contributed by atoms with van der Waals surface area (Å²) in [6.45, 7) is 11.6. The first-order valence-corrected chi connectivity index (χ1v) is 23.2. The normalized spacial score (nSPS) is 18.2. The zero-order chi connectivity index (χ0) is 51.6. The van der Waals surface area contributed by atoms with Crippen molar-refractivity contribution >= 4 is 48.1 Å². The highest BCUT2D eigenvalue weighted by Crippen LogP contribution is 2.41. The Kier molecular flexibility index (Phi) is 22.2. The number of alkyl halides is 3. The molecule has 4 aromatic rings. The predicted octanol–water partition coefficient (Wildman–Crippen LogP) is 6.39. The van der Waals surface area contributed by atoms with Crippen molar-refractivity contribution in [1.82, 2.24) is 30.1 Å². The van der Waals surface area contributed by atoms with E-state index in [1.54, 1.807) is 50.2 Å². The molecule has 0 aliphatic carbocycles. The summed E-state index contributed by atoms with van der Waals surface area (Å²) in [6, 6.07) is 12.6. The third kappa shape index (κ3) is 16.8. The number of piperazine rings is 1. The number of ether oxygens (including phenoxy) is 3. The lowest BCUT2D eigenvalue weighted by Gasteiger charge is -2.33. The van der Waals surface area contributed by atoms with E-state index in [1.165, 1.54) is 19.4 Å². The smallest absolute Gasteiger partial charge is 0.471 e. The van der Waals surface area contributed by atoms with Gasteiger partial charge >= 0.3 is 6.36 Å². The summed E-state index contributed by atoms with van der Waals surface area (Å²) in [4.78, 5) is 61.5. The van der Waals surface area contributed by atoms with Crippen molar-refractivity contribution in [1.29, 1.82) is 0 Å². The maximum Gasteiger partial charge on any atom is 0.573 e. The lowest BCUT2D eigenvalue weighted by atomic mass is 9.93. The van der Waals surface area contributed by atoms with Crippen molar-refractivity contribution in [3.63, 3.8) is 0 Å². The molecular formula is C49H66ClF3N8O9. The summed E-state index contributed by atoms with van der Waals surface area (Å²) in [6.07, 6.45) is 1.11. The van der Waals surface area contributed by atoms with Crippen LogP contribution in [0.1, 0.15) is 68.0 Å². The first-order chi connectivity index (χ1) is 33.3. The van der Waals surface area contributed by atoms with Crippen LogP contribution in [0.4, 0.5) is 24.7 Å². The molecule has 0 spiro atoms. The molecule has 3 fully saturated rings. The molecule has 3 aliphatic rings. The Morgan fingerprint density at radius 3 is 2.14 bits per heavy atom. The summed E-state index contributed by atoms with van der Waals surface area (Å²) in [7, 11) is 7.23. The van der Waals surface area contributed by atoms with Gasteiger partial charge in [-0.15, -0.1) is 13.2 Å². The molecule has 7 rings (SSSR count). The monoisotopic (exact) mass is 1000 g/mol. The Morgan fingerprint density at radius 2 is 1.66 bits per heavy atom. The van der Waals surface area contributed by atoms with E-state index in [-0.39, 0.29) is 47.1 Å². The zero-order valence-corrected chi connectivity index (χ0v) is 41.5. The van der Waals surface area contributed by atoms with Crippen LogP contribution in [-0.4, -0.2) is 153 Å². The highest BCUT2D eigenvalue weighted by Gasteiger charge is 2.34. The van der Waals surface area contributed by atoms with Crippen LogP contribution in [0.2, 0.25) is 5.02 Å². The van der Waals surface area contributed by atoms with Crippen LogP contribution >= 0.6 is 11.6 Å². The van der Waals surface area contributed by atoms with Gasteiger partial charge in [-0.25, -0.2) is 9.97 Å². The molecule has 70 heavy (non-hydrogen) atoms. The minimum absolute atomic E-state index is 0.0217. The number of methoxy groups -OCH3 is 1. The van der Waals surface area contributed by atoms with Gasteiger partial charge in [-0.1, -0.05) is 56.6 Å². The van der Waals surface area contributed by atoms with Crippen molar-refractivity contribution < 1.29 is 56.8 Å². The van der Waals surface area contributed by atoms with Gasteiger partial charge < -0.3 is 59.4 Å². The van der Waals surface area contributed by atoms with E-state index in [1.807, 2.05) is 14.1 Å². The van der Waals surface area contributed by atoms with Crippen molar-refractivity contribution in [2.45, 2.75) is 65.1 Å². The van der Waals surface area contributed by atoms with Crippen molar-refractivity contribution in [2.24, 2.45) is 17.3 Å². The van der Waals surface area contributed by atoms with E-state index < -0.39 is 23.4 Å². The van der Waals surface area contributed by atoms with Crippen LogP contribution in [0.15, 0.2) is 54.7 Å². The Bertz CT molecular complexity index is 2270. The van der Waals surface area contributed by atoms with E-state index in [0.29, 0.717) is 40.8 Å². The number of nitrogens with one attached hydrogen (secondary N) is 3. The van der Waals surface area contributed by atoms with Gasteiger partial charge in [0.15, 0.2) is 0 Å². The highest BCUT2D eigenvalue weighted by molar-refractivity contribution is 6.34. The van der Waals surface area contributed by atoms with Gasteiger partial charge in [0, 0.05) is 74.7 Å². The van der Waals surface area contributed by atoms with Gasteiger partial charge in [-0.3, -0.25) is 14.5 Å².